The SMILES string of the molecule is CCC(C)(CC)C(=O)/C=C(\O)C(C)(CC)CC.Cc1cc(CC(C)C)cc(C)c1-c1cc(-c2[c-]c3ccccc3c(-c3ccccc3)c2)nc2c(C)c(C)sc12.[Ir]. The Morgan fingerprint density at radius 2 is 1.39 bits per heavy atom. The van der Waals surface area contributed by atoms with Crippen LogP contribution in [-0.2, 0) is 31.3 Å². The van der Waals surface area contributed by atoms with E-state index in [1.54, 1.807) is 0 Å². The Bertz CT molecular complexity index is 2340. The summed E-state index contributed by atoms with van der Waals surface area (Å²) < 4.78 is 1.28. The second-order valence-electron chi connectivity index (χ2n) is 16.7. The van der Waals surface area contributed by atoms with Crippen molar-refractivity contribution in [2.45, 2.75) is 115 Å². The number of carbonyl (C=O) groups is 1. The number of aliphatic hydroxyl groups is 1. The van der Waals surface area contributed by atoms with E-state index in [9.17, 15) is 9.90 Å². The summed E-state index contributed by atoms with van der Waals surface area (Å²) in [5, 5.41) is 12.5. The Kier molecular flexibility index (Phi) is 15.5. The van der Waals surface area contributed by atoms with Crippen LogP contribution in [0.5, 0.6) is 0 Å². The number of hydrogen-bond acceptors (Lipinski definition) is 4. The predicted octanol–water partition coefficient (Wildman–Crippen LogP) is 15.3. The molecule has 0 aliphatic rings. The van der Waals surface area contributed by atoms with Crippen LogP contribution in [-0.4, -0.2) is 15.9 Å². The summed E-state index contributed by atoms with van der Waals surface area (Å²) in [4.78, 5) is 18.8. The molecule has 1 radical (unpaired) electrons. The smallest absolute Gasteiger partial charge is 0.164 e. The van der Waals surface area contributed by atoms with Crippen LogP contribution in [0.2, 0.25) is 0 Å². The zero-order valence-corrected chi connectivity index (χ0v) is 39.5. The van der Waals surface area contributed by atoms with E-state index >= 15 is 0 Å². The summed E-state index contributed by atoms with van der Waals surface area (Å²) in [6.07, 6.45) is 5.86. The zero-order valence-electron chi connectivity index (χ0n) is 36.2. The molecule has 0 atom stereocenters. The molecule has 0 saturated carbocycles. The maximum atomic E-state index is 12.2. The van der Waals surface area contributed by atoms with E-state index in [2.05, 4.69) is 126 Å². The van der Waals surface area contributed by atoms with Gasteiger partial charge in [0.15, 0.2) is 5.78 Å². The maximum absolute atomic E-state index is 12.2. The van der Waals surface area contributed by atoms with Crippen LogP contribution in [0, 0.1) is 50.5 Å². The van der Waals surface area contributed by atoms with Crippen LogP contribution in [0.25, 0.3) is 54.5 Å². The Morgan fingerprint density at radius 1 is 0.807 bits per heavy atom. The minimum atomic E-state index is -0.337. The van der Waals surface area contributed by atoms with Crippen molar-refractivity contribution in [3.05, 3.63) is 124 Å². The quantitative estimate of drug-likeness (QED) is 0.0755. The molecule has 1 N–H and O–H groups in total. The van der Waals surface area contributed by atoms with Crippen molar-refractivity contribution in [1.82, 2.24) is 4.98 Å². The minimum absolute atomic E-state index is 0. The fourth-order valence-electron chi connectivity index (χ4n) is 7.59. The van der Waals surface area contributed by atoms with Crippen LogP contribution in [0.15, 0.2) is 90.7 Å². The van der Waals surface area contributed by atoms with Gasteiger partial charge in [-0.05, 0) is 105 Å². The molecule has 0 saturated heterocycles. The number of ketones is 1. The van der Waals surface area contributed by atoms with Gasteiger partial charge in [-0.2, -0.15) is 0 Å². The van der Waals surface area contributed by atoms with E-state index in [4.69, 9.17) is 4.98 Å². The molecule has 2 heterocycles. The van der Waals surface area contributed by atoms with Gasteiger partial charge in [-0.1, -0.05) is 139 Å². The van der Waals surface area contributed by atoms with Crippen molar-refractivity contribution in [3.63, 3.8) is 0 Å². The first-order valence-corrected chi connectivity index (χ1v) is 21.4. The second-order valence-corrected chi connectivity index (χ2v) is 17.9. The average Bonchev–Trinajstić information content (AvgIpc) is 3.48. The normalized spacial score (nSPS) is 12.1. The van der Waals surface area contributed by atoms with E-state index in [1.165, 1.54) is 65.5 Å². The first-order valence-electron chi connectivity index (χ1n) is 20.6. The molecular formula is C52H62IrNO2S-. The van der Waals surface area contributed by atoms with Crippen molar-refractivity contribution < 1.29 is 30.0 Å². The van der Waals surface area contributed by atoms with Gasteiger partial charge in [-0.15, -0.1) is 34.9 Å². The zero-order chi connectivity index (χ0) is 40.9. The Morgan fingerprint density at radius 3 is 1.96 bits per heavy atom. The van der Waals surface area contributed by atoms with Gasteiger partial charge in [0.05, 0.1) is 10.2 Å². The molecule has 0 aliphatic carbocycles. The molecule has 5 heteroatoms. The van der Waals surface area contributed by atoms with Gasteiger partial charge < -0.3 is 5.11 Å². The predicted molar refractivity (Wildman–Crippen MR) is 243 cm³/mol. The van der Waals surface area contributed by atoms with E-state index < -0.39 is 0 Å². The van der Waals surface area contributed by atoms with Gasteiger partial charge in [0, 0.05) is 47.6 Å². The first kappa shape index (κ1) is 45.8. The summed E-state index contributed by atoms with van der Waals surface area (Å²) in [5.74, 6) is 0.924. The maximum Gasteiger partial charge on any atom is 0.164 e. The minimum Gasteiger partial charge on any atom is -0.512 e. The van der Waals surface area contributed by atoms with Gasteiger partial charge in [-0.25, -0.2) is 0 Å². The molecule has 0 spiro atoms. The van der Waals surface area contributed by atoms with Crippen LogP contribution in [0.3, 0.4) is 0 Å². The average molecular weight is 957 g/mol. The molecule has 2 aromatic heterocycles. The number of thiophene rings is 1. The number of aryl methyl sites for hydroxylation is 4. The summed E-state index contributed by atoms with van der Waals surface area (Å²) in [7, 11) is 0. The number of allylic oxidation sites excluding steroid dienone is 2. The topological polar surface area (TPSA) is 50.2 Å². The van der Waals surface area contributed by atoms with Crippen LogP contribution < -0.4 is 0 Å². The number of rotatable bonds is 12. The molecule has 0 unspecified atom stereocenters. The van der Waals surface area contributed by atoms with Crippen molar-refractivity contribution in [2.24, 2.45) is 16.7 Å². The second kappa shape index (κ2) is 19.2. The summed E-state index contributed by atoms with van der Waals surface area (Å²) >= 11 is 1.87. The molecule has 0 aliphatic heterocycles. The Hall–Kier alpha value is -3.89. The fraction of sp³-hybridized carbons (Fsp3) is 0.385. The van der Waals surface area contributed by atoms with Crippen molar-refractivity contribution in [1.29, 1.82) is 0 Å². The molecule has 0 bridgehead atoms. The van der Waals surface area contributed by atoms with E-state index in [0.717, 1.165) is 54.3 Å². The number of hydrogen-bond donors (Lipinski definition) is 1. The van der Waals surface area contributed by atoms with Crippen molar-refractivity contribution in [3.8, 4) is 33.5 Å². The van der Waals surface area contributed by atoms with E-state index in [-0.39, 0.29) is 42.5 Å². The molecule has 0 fully saturated rings. The van der Waals surface area contributed by atoms with Crippen LogP contribution >= 0.6 is 11.3 Å². The third kappa shape index (κ3) is 9.87. The van der Waals surface area contributed by atoms with E-state index in [1.807, 2.05) is 52.9 Å². The number of pyridine rings is 1. The molecular weight excluding hydrogens is 895 g/mol. The third-order valence-corrected chi connectivity index (χ3v) is 13.6. The standard InChI is InChI=1S/C37H34NS.C15H28O2.Ir/c1-22(2)16-27-17-23(3)35(24(4)18-27)33-21-34(38-36-25(5)26(6)39-37(33)36)30-19-29-14-10-11-15-31(29)32(20-30)28-12-8-7-9-13-28;1-7-14(5,8-2)12(16)11-13(17)15(6,9-3)10-4;/h7-15,17-18,20-22H,16H2,1-6H3;11,16H,7-10H2,1-6H3;/q-1;;/b;12-11-;. The van der Waals surface area contributed by atoms with Gasteiger partial charge in [0.2, 0.25) is 0 Å². The van der Waals surface area contributed by atoms with Crippen LogP contribution in [0.1, 0.15) is 108 Å². The molecule has 3 nitrogen and oxygen atoms in total. The summed E-state index contributed by atoms with van der Waals surface area (Å²) in [5.41, 5.74) is 12.9. The molecule has 303 valence electrons. The van der Waals surface area contributed by atoms with Gasteiger partial charge in [0.25, 0.3) is 0 Å². The third-order valence-electron chi connectivity index (χ3n) is 12.4. The number of nitrogens with zero attached hydrogens (tertiary/aromatic N) is 1. The largest absolute Gasteiger partial charge is 0.512 e. The molecule has 0 amide bonds. The number of carbonyl (C=O) groups excluding carboxylic acids is 1. The number of aromatic nitrogens is 1. The Labute approximate surface area is 360 Å². The van der Waals surface area contributed by atoms with E-state index in [0.29, 0.717) is 5.92 Å². The molecule has 6 rings (SSSR count). The Balaban J connectivity index is 0.000000341. The number of benzene rings is 4. The van der Waals surface area contributed by atoms with Crippen molar-refractivity contribution >= 4 is 38.1 Å². The van der Waals surface area contributed by atoms with Crippen LogP contribution in [0.4, 0.5) is 0 Å². The monoisotopic (exact) mass is 957 g/mol. The number of fused-ring (bicyclic) bond motifs is 2. The van der Waals surface area contributed by atoms with Crippen molar-refractivity contribution in [2.75, 3.05) is 0 Å². The molecule has 57 heavy (non-hydrogen) atoms. The summed E-state index contributed by atoms with van der Waals surface area (Å²) in [6, 6.07) is 32.3. The van der Waals surface area contributed by atoms with Gasteiger partial charge in [0.1, 0.15) is 5.76 Å². The molecule has 4 aromatic carbocycles. The summed E-state index contributed by atoms with van der Waals surface area (Å²) in [6.45, 7) is 25.6. The van der Waals surface area contributed by atoms with Gasteiger partial charge in [-0.3, -0.25) is 9.78 Å². The first-order chi connectivity index (χ1) is 26.6. The molecule has 6 aromatic rings. The fourth-order valence-corrected chi connectivity index (χ4v) is 8.71. The number of aliphatic hydroxyl groups excluding tert-OH is 1. The van der Waals surface area contributed by atoms with Gasteiger partial charge >= 0.3 is 0 Å².